The number of hydrogen-bond acceptors (Lipinski definition) is 4. The molecule has 7 aliphatic rings. The van der Waals surface area contributed by atoms with Crippen LogP contribution in [0, 0.1) is 47.3 Å². The summed E-state index contributed by atoms with van der Waals surface area (Å²) in [5.74, 6) is 3.81. The van der Waals surface area contributed by atoms with Gasteiger partial charge in [0.25, 0.3) is 0 Å². The molecule has 5 heteroatoms. The maximum Gasteiger partial charge on any atom is 0.339 e. The predicted octanol–water partition coefficient (Wildman–Crippen LogP) is 5.41. The molecule has 0 aliphatic heterocycles. The molecule has 0 saturated heterocycles. The van der Waals surface area contributed by atoms with E-state index in [1.165, 1.54) is 19.3 Å². The molecule has 164 valence electrons. The van der Waals surface area contributed by atoms with Gasteiger partial charge in [0, 0.05) is 0 Å². The summed E-state index contributed by atoms with van der Waals surface area (Å²) in [4.78, 5) is 26.0. The molecular formula is C26H30O4S. The van der Waals surface area contributed by atoms with Crippen molar-refractivity contribution >= 4 is 28.8 Å². The molecule has 7 fully saturated rings. The first kappa shape index (κ1) is 19.8. The van der Waals surface area contributed by atoms with Gasteiger partial charge in [-0.15, -0.1) is 0 Å². The minimum Gasteiger partial charge on any atom is -0.478 e. The third-order valence-corrected chi connectivity index (χ3v) is 10.1. The van der Waals surface area contributed by atoms with Crippen LogP contribution in [0.2, 0.25) is 0 Å². The van der Waals surface area contributed by atoms with Gasteiger partial charge in [-0.3, -0.25) is 0 Å². The van der Waals surface area contributed by atoms with Crippen molar-refractivity contribution in [2.45, 2.75) is 46.0 Å². The molecule has 0 amide bonds. The number of carboxylic acids is 1. The van der Waals surface area contributed by atoms with Crippen LogP contribution in [0.3, 0.4) is 0 Å². The highest BCUT2D eigenvalue weighted by Crippen LogP contribution is 2.73. The first-order valence-corrected chi connectivity index (χ1v) is 12.8. The first-order valence-electron chi connectivity index (χ1n) is 11.9. The van der Waals surface area contributed by atoms with Gasteiger partial charge in [0.05, 0.1) is 17.8 Å². The highest BCUT2D eigenvalue weighted by molar-refractivity contribution is 7.08. The van der Waals surface area contributed by atoms with Crippen molar-refractivity contribution in [2.24, 2.45) is 47.3 Å². The molecule has 0 aromatic carbocycles. The molecule has 4 unspecified atom stereocenters. The molecule has 0 spiro atoms. The van der Waals surface area contributed by atoms with E-state index in [4.69, 9.17) is 4.74 Å². The van der Waals surface area contributed by atoms with Crippen LogP contribution in [0.25, 0.3) is 5.57 Å². The Morgan fingerprint density at radius 1 is 1.06 bits per heavy atom. The van der Waals surface area contributed by atoms with E-state index in [1.807, 2.05) is 23.8 Å². The summed E-state index contributed by atoms with van der Waals surface area (Å²) >= 11 is 1.56. The molecule has 31 heavy (non-hydrogen) atoms. The standard InChI is InChI=1S/C26H30O4S/c1-3-30-26(29)21(12(2)14-4-5-31-11-14)24(25(27)28)22-15-9-17-16-6-13-7-19(17)23(22)20(8-13)18(16)10-15/h4-5,11,13,15-20,23H,3,6-10H2,1-2H3,(H,27,28). The highest BCUT2D eigenvalue weighted by Gasteiger charge is 2.65. The van der Waals surface area contributed by atoms with Crippen molar-refractivity contribution < 1.29 is 19.4 Å². The Morgan fingerprint density at radius 3 is 2.29 bits per heavy atom. The van der Waals surface area contributed by atoms with Gasteiger partial charge in [-0.25, -0.2) is 9.59 Å². The third kappa shape index (κ3) is 2.71. The quantitative estimate of drug-likeness (QED) is 0.493. The Labute approximate surface area is 187 Å². The van der Waals surface area contributed by atoms with E-state index in [0.29, 0.717) is 29.2 Å². The number of hydrogen-bond donors (Lipinski definition) is 1. The number of carbonyl (C=O) groups excluding carboxylic acids is 1. The van der Waals surface area contributed by atoms with Crippen LogP contribution in [-0.2, 0) is 14.3 Å². The molecule has 1 heterocycles. The van der Waals surface area contributed by atoms with E-state index in [0.717, 1.165) is 53.2 Å². The number of carboxylic acid groups (broad SMARTS) is 1. The second kappa shape index (κ2) is 7.06. The normalized spacial score (nSPS) is 41.4. The van der Waals surface area contributed by atoms with Crippen LogP contribution in [0.4, 0.5) is 0 Å². The van der Waals surface area contributed by atoms with Crippen LogP contribution in [-0.4, -0.2) is 23.7 Å². The van der Waals surface area contributed by atoms with Crippen LogP contribution >= 0.6 is 11.3 Å². The van der Waals surface area contributed by atoms with E-state index in [2.05, 4.69) is 0 Å². The Morgan fingerprint density at radius 2 is 1.71 bits per heavy atom. The molecular weight excluding hydrogens is 408 g/mol. The van der Waals surface area contributed by atoms with Crippen molar-refractivity contribution in [1.82, 2.24) is 0 Å². The van der Waals surface area contributed by atoms with Crippen molar-refractivity contribution in [3.05, 3.63) is 39.1 Å². The summed E-state index contributed by atoms with van der Waals surface area (Å²) in [7, 11) is 0. The lowest BCUT2D eigenvalue weighted by Crippen LogP contribution is -2.63. The van der Waals surface area contributed by atoms with Crippen LogP contribution in [0.15, 0.2) is 33.5 Å². The lowest BCUT2D eigenvalue weighted by molar-refractivity contribution is -0.177. The molecule has 4 atom stereocenters. The summed E-state index contributed by atoms with van der Waals surface area (Å²) in [5, 5.41) is 14.5. The summed E-state index contributed by atoms with van der Waals surface area (Å²) in [6.45, 7) is 3.90. The SMILES string of the molecule is CCOC(=O)C(C(C(=O)O)=C1C2CC3C4CC5CC3C1C(C5)C4C2)=C(C)c1ccsc1. The topological polar surface area (TPSA) is 63.6 Å². The number of ether oxygens (including phenoxy) is 1. The van der Waals surface area contributed by atoms with Crippen molar-refractivity contribution in [3.8, 4) is 0 Å². The maximum absolute atomic E-state index is 13.2. The van der Waals surface area contributed by atoms with Gasteiger partial charge in [-0.1, -0.05) is 0 Å². The van der Waals surface area contributed by atoms with E-state index >= 15 is 0 Å². The Balaban J connectivity index is 1.55. The monoisotopic (exact) mass is 438 g/mol. The van der Waals surface area contributed by atoms with Gasteiger partial charge in [0.15, 0.2) is 0 Å². The van der Waals surface area contributed by atoms with Crippen molar-refractivity contribution in [3.63, 3.8) is 0 Å². The number of esters is 1. The van der Waals surface area contributed by atoms with E-state index in [1.54, 1.807) is 18.3 Å². The Hall–Kier alpha value is -1.88. The summed E-state index contributed by atoms with van der Waals surface area (Å²) < 4.78 is 5.42. The molecule has 1 aromatic heterocycles. The first-order chi connectivity index (χ1) is 15.0. The number of thiophene rings is 1. The van der Waals surface area contributed by atoms with Gasteiger partial charge in [-0.05, 0) is 127 Å². The summed E-state index contributed by atoms with van der Waals surface area (Å²) in [6, 6.07) is 1.96. The molecule has 1 N–H and O–H groups in total. The number of rotatable bonds is 5. The predicted molar refractivity (Wildman–Crippen MR) is 119 cm³/mol. The minimum absolute atomic E-state index is 0.243. The molecule has 1 aromatic rings. The molecule has 8 rings (SSSR count). The fraction of sp³-hybridized carbons (Fsp3) is 0.615. The smallest absolute Gasteiger partial charge is 0.339 e. The number of aliphatic carboxylic acids is 1. The molecule has 7 aliphatic carbocycles. The zero-order valence-corrected chi connectivity index (χ0v) is 19.0. The number of allylic oxidation sites excluding steroid dienone is 2. The maximum atomic E-state index is 13.2. The molecule has 4 nitrogen and oxygen atoms in total. The zero-order chi connectivity index (χ0) is 21.4. The van der Waals surface area contributed by atoms with E-state index < -0.39 is 11.9 Å². The highest BCUT2D eigenvalue weighted by atomic mass is 32.1. The average Bonchev–Trinajstić information content (AvgIpc) is 3.29. The number of carbonyl (C=O) groups is 2. The lowest BCUT2D eigenvalue weighted by atomic mass is 9.34. The fourth-order valence-corrected chi connectivity index (χ4v) is 9.40. The molecule has 0 radical (unpaired) electrons. The van der Waals surface area contributed by atoms with Gasteiger partial charge >= 0.3 is 11.9 Å². The summed E-state index contributed by atoms with van der Waals surface area (Å²) in [5.41, 5.74) is 3.32. The molecule has 8 bridgehead atoms. The van der Waals surface area contributed by atoms with Crippen LogP contribution < -0.4 is 0 Å². The van der Waals surface area contributed by atoms with Crippen molar-refractivity contribution in [1.29, 1.82) is 0 Å². The van der Waals surface area contributed by atoms with Crippen LogP contribution in [0.5, 0.6) is 0 Å². The largest absolute Gasteiger partial charge is 0.478 e. The lowest BCUT2D eigenvalue weighted by Gasteiger charge is -2.70. The average molecular weight is 439 g/mol. The summed E-state index contributed by atoms with van der Waals surface area (Å²) in [6.07, 6.45) is 6.20. The fourth-order valence-electron chi connectivity index (χ4n) is 8.69. The van der Waals surface area contributed by atoms with Crippen molar-refractivity contribution in [2.75, 3.05) is 6.61 Å². The van der Waals surface area contributed by atoms with Gasteiger partial charge in [0.1, 0.15) is 0 Å². The minimum atomic E-state index is -0.955. The van der Waals surface area contributed by atoms with Gasteiger partial charge in [0.2, 0.25) is 0 Å². The zero-order valence-electron chi connectivity index (χ0n) is 18.2. The second-order valence-electron chi connectivity index (χ2n) is 10.5. The Bertz CT molecular complexity index is 979. The van der Waals surface area contributed by atoms with Crippen LogP contribution in [0.1, 0.15) is 51.5 Å². The van der Waals surface area contributed by atoms with E-state index in [9.17, 15) is 14.7 Å². The Kier molecular flexibility index (Phi) is 4.51. The third-order valence-electron chi connectivity index (χ3n) is 9.41. The second-order valence-corrected chi connectivity index (χ2v) is 11.2. The van der Waals surface area contributed by atoms with E-state index in [-0.39, 0.29) is 12.2 Å². The van der Waals surface area contributed by atoms with Gasteiger partial charge < -0.3 is 9.84 Å². The molecule has 7 saturated carbocycles. The van der Waals surface area contributed by atoms with Gasteiger partial charge in [-0.2, -0.15) is 11.3 Å².